The molecule has 19 heavy (non-hydrogen) atoms. The number of carbonyl (C=O) groups is 1. The topological polar surface area (TPSA) is 49.3 Å². The second-order valence-corrected chi connectivity index (χ2v) is 5.60. The Balaban J connectivity index is 2.09. The van der Waals surface area contributed by atoms with E-state index in [-0.39, 0.29) is 11.9 Å². The van der Waals surface area contributed by atoms with Crippen LogP contribution in [0, 0.1) is 6.92 Å². The second-order valence-electron chi connectivity index (χ2n) is 5.22. The van der Waals surface area contributed by atoms with Crippen LogP contribution in [-0.2, 0) is 0 Å². The molecule has 4 heteroatoms. The van der Waals surface area contributed by atoms with Crippen LogP contribution in [-0.4, -0.2) is 23.2 Å². The lowest BCUT2D eigenvalue weighted by Crippen LogP contribution is -2.42. The summed E-state index contributed by atoms with van der Waals surface area (Å²) >= 11 is 6.15. The quantitative estimate of drug-likeness (QED) is 0.819. The molecule has 0 aliphatic heterocycles. The highest BCUT2D eigenvalue weighted by molar-refractivity contribution is 6.34. The van der Waals surface area contributed by atoms with Gasteiger partial charge >= 0.3 is 0 Å². The molecule has 0 radical (unpaired) electrons. The average Bonchev–Trinajstić information content (AvgIpc) is 2.58. The number of amides is 1. The molecule has 1 aromatic rings. The van der Waals surface area contributed by atoms with Gasteiger partial charge in [0, 0.05) is 0 Å². The van der Waals surface area contributed by atoms with E-state index in [0.29, 0.717) is 10.6 Å². The summed E-state index contributed by atoms with van der Waals surface area (Å²) in [6.45, 7) is 1.87. The molecule has 1 saturated carbocycles. The Morgan fingerprint density at radius 1 is 1.32 bits per heavy atom. The monoisotopic (exact) mass is 281 g/mol. The molecule has 3 nitrogen and oxygen atoms in total. The molecule has 1 amide bonds. The summed E-state index contributed by atoms with van der Waals surface area (Å²) < 4.78 is 0. The van der Waals surface area contributed by atoms with Crippen molar-refractivity contribution in [2.24, 2.45) is 0 Å². The van der Waals surface area contributed by atoms with Gasteiger partial charge < -0.3 is 10.4 Å². The van der Waals surface area contributed by atoms with E-state index in [2.05, 4.69) is 5.32 Å². The molecule has 2 atom stereocenters. The zero-order chi connectivity index (χ0) is 13.8. The molecule has 2 N–H and O–H groups in total. The lowest BCUT2D eigenvalue weighted by atomic mass is 10.0. The fourth-order valence-corrected chi connectivity index (χ4v) is 2.74. The zero-order valence-electron chi connectivity index (χ0n) is 11.2. The Labute approximate surface area is 119 Å². The van der Waals surface area contributed by atoms with Gasteiger partial charge in [0.15, 0.2) is 0 Å². The minimum atomic E-state index is -0.449. The standard InChI is InChI=1S/C15H20ClNO2/c1-10-6-5-7-11(14(10)16)15(19)17-12-8-3-2-4-9-13(12)18/h5-7,12-13,18H,2-4,8-9H2,1H3,(H,17,19). The number of halogens is 1. The maximum absolute atomic E-state index is 12.2. The highest BCUT2D eigenvalue weighted by Crippen LogP contribution is 2.22. The van der Waals surface area contributed by atoms with Crippen LogP contribution in [0.5, 0.6) is 0 Å². The molecule has 1 aliphatic rings. The SMILES string of the molecule is Cc1cccc(C(=O)NC2CCCCCC2O)c1Cl. The van der Waals surface area contributed by atoms with E-state index >= 15 is 0 Å². The van der Waals surface area contributed by atoms with Gasteiger partial charge in [0.25, 0.3) is 5.91 Å². The number of hydrogen-bond acceptors (Lipinski definition) is 2. The molecule has 1 aromatic carbocycles. The third-order valence-corrected chi connectivity index (χ3v) is 4.23. The van der Waals surface area contributed by atoms with Crippen LogP contribution in [0.15, 0.2) is 18.2 Å². The molecule has 2 rings (SSSR count). The summed E-state index contributed by atoms with van der Waals surface area (Å²) in [5.41, 5.74) is 1.37. The van der Waals surface area contributed by atoms with E-state index in [1.54, 1.807) is 6.07 Å². The highest BCUT2D eigenvalue weighted by Gasteiger charge is 2.24. The van der Waals surface area contributed by atoms with Crippen LogP contribution in [0.25, 0.3) is 0 Å². The minimum Gasteiger partial charge on any atom is -0.391 e. The van der Waals surface area contributed by atoms with Gasteiger partial charge in [-0.15, -0.1) is 0 Å². The van der Waals surface area contributed by atoms with E-state index in [9.17, 15) is 9.90 Å². The van der Waals surface area contributed by atoms with Crippen LogP contribution in [0.3, 0.4) is 0 Å². The molecule has 104 valence electrons. The summed E-state index contributed by atoms with van der Waals surface area (Å²) in [7, 11) is 0. The summed E-state index contributed by atoms with van der Waals surface area (Å²) in [6, 6.07) is 5.25. The number of hydrogen-bond donors (Lipinski definition) is 2. The predicted molar refractivity (Wildman–Crippen MR) is 76.5 cm³/mol. The van der Waals surface area contributed by atoms with Gasteiger partial charge in [0.05, 0.1) is 22.7 Å². The first-order valence-corrected chi connectivity index (χ1v) is 7.21. The number of rotatable bonds is 2. The number of aliphatic hydroxyl groups is 1. The average molecular weight is 282 g/mol. The van der Waals surface area contributed by atoms with Crippen molar-refractivity contribution in [1.82, 2.24) is 5.32 Å². The number of carbonyl (C=O) groups excluding carboxylic acids is 1. The van der Waals surface area contributed by atoms with Crippen molar-refractivity contribution in [2.75, 3.05) is 0 Å². The van der Waals surface area contributed by atoms with E-state index < -0.39 is 6.10 Å². The smallest absolute Gasteiger partial charge is 0.253 e. The minimum absolute atomic E-state index is 0.161. The lowest BCUT2D eigenvalue weighted by molar-refractivity contribution is 0.0819. The number of aryl methyl sites for hydroxylation is 1. The van der Waals surface area contributed by atoms with E-state index in [1.807, 2.05) is 19.1 Å². The van der Waals surface area contributed by atoms with E-state index in [0.717, 1.165) is 37.7 Å². The Kier molecular flexibility index (Phi) is 4.83. The first kappa shape index (κ1) is 14.4. The van der Waals surface area contributed by atoms with Gasteiger partial charge in [0.2, 0.25) is 0 Å². The summed E-state index contributed by atoms with van der Waals surface area (Å²) in [5.74, 6) is -0.195. The third kappa shape index (κ3) is 3.48. The predicted octanol–water partition coefficient (Wildman–Crippen LogP) is 3.07. The van der Waals surface area contributed by atoms with Gasteiger partial charge in [-0.2, -0.15) is 0 Å². The molecule has 0 heterocycles. The van der Waals surface area contributed by atoms with Gasteiger partial charge in [-0.3, -0.25) is 4.79 Å². The van der Waals surface area contributed by atoms with Crippen LogP contribution in [0.2, 0.25) is 5.02 Å². The van der Waals surface area contributed by atoms with Crippen LogP contribution < -0.4 is 5.32 Å². The number of aliphatic hydroxyl groups excluding tert-OH is 1. The molecule has 0 bridgehead atoms. The Bertz CT molecular complexity index is 461. The van der Waals surface area contributed by atoms with Crippen molar-refractivity contribution in [2.45, 2.75) is 51.2 Å². The van der Waals surface area contributed by atoms with Gasteiger partial charge in [0.1, 0.15) is 0 Å². The van der Waals surface area contributed by atoms with Crippen molar-refractivity contribution in [3.8, 4) is 0 Å². The third-order valence-electron chi connectivity index (χ3n) is 3.73. The van der Waals surface area contributed by atoms with Crippen molar-refractivity contribution in [3.05, 3.63) is 34.3 Å². The van der Waals surface area contributed by atoms with Crippen molar-refractivity contribution in [1.29, 1.82) is 0 Å². The molecule has 1 fully saturated rings. The number of benzene rings is 1. The summed E-state index contributed by atoms with van der Waals surface area (Å²) in [4.78, 5) is 12.2. The Morgan fingerprint density at radius 2 is 2.05 bits per heavy atom. The van der Waals surface area contributed by atoms with Crippen LogP contribution in [0.4, 0.5) is 0 Å². The molecule has 1 aliphatic carbocycles. The largest absolute Gasteiger partial charge is 0.391 e. The van der Waals surface area contributed by atoms with E-state index in [1.165, 1.54) is 0 Å². The Morgan fingerprint density at radius 3 is 2.84 bits per heavy atom. The maximum atomic E-state index is 12.2. The van der Waals surface area contributed by atoms with Gasteiger partial charge in [-0.05, 0) is 31.4 Å². The molecule has 0 saturated heterocycles. The molecule has 0 spiro atoms. The fourth-order valence-electron chi connectivity index (χ4n) is 2.53. The number of nitrogens with one attached hydrogen (secondary N) is 1. The van der Waals surface area contributed by atoms with Crippen molar-refractivity contribution >= 4 is 17.5 Å². The highest BCUT2D eigenvalue weighted by atomic mass is 35.5. The molecular formula is C15H20ClNO2. The first-order chi connectivity index (χ1) is 9.09. The normalized spacial score (nSPS) is 23.7. The lowest BCUT2D eigenvalue weighted by Gasteiger charge is -2.22. The Hall–Kier alpha value is -1.06. The molecule has 2 unspecified atom stereocenters. The fraction of sp³-hybridized carbons (Fsp3) is 0.533. The second kappa shape index (κ2) is 6.40. The summed E-state index contributed by atoms with van der Waals surface area (Å²) in [5, 5.41) is 13.4. The molecule has 0 aromatic heterocycles. The van der Waals surface area contributed by atoms with Gasteiger partial charge in [-0.1, -0.05) is 43.0 Å². The van der Waals surface area contributed by atoms with Crippen molar-refractivity contribution < 1.29 is 9.90 Å². The van der Waals surface area contributed by atoms with E-state index in [4.69, 9.17) is 11.6 Å². The zero-order valence-corrected chi connectivity index (χ0v) is 11.9. The van der Waals surface area contributed by atoms with Crippen molar-refractivity contribution in [3.63, 3.8) is 0 Å². The summed E-state index contributed by atoms with van der Waals surface area (Å²) in [6.07, 6.45) is 4.33. The van der Waals surface area contributed by atoms with Crippen LogP contribution in [0.1, 0.15) is 48.0 Å². The molecular weight excluding hydrogens is 262 g/mol. The van der Waals surface area contributed by atoms with Crippen LogP contribution >= 0.6 is 11.6 Å². The maximum Gasteiger partial charge on any atom is 0.253 e. The van der Waals surface area contributed by atoms with Gasteiger partial charge in [-0.25, -0.2) is 0 Å². The first-order valence-electron chi connectivity index (χ1n) is 6.83.